The molecule has 0 aliphatic carbocycles. The first kappa shape index (κ1) is 13.6. The summed E-state index contributed by atoms with van der Waals surface area (Å²) in [4.78, 5) is 3.28. The Kier molecular flexibility index (Phi) is 4.08. The van der Waals surface area contributed by atoms with Crippen LogP contribution in [0.15, 0.2) is 18.2 Å². The molecule has 0 saturated carbocycles. The Morgan fingerprint density at radius 2 is 2.40 bits per heavy atom. The standard InChI is InChI=1S/C15H20N2O2S/c1-2-8-19-13-7-3-6-12-14(13)16-15(20)17(12)10-11-5-4-9-18-11/h3,6-7,11H,2,4-5,8-10H2,1H3,(H,16,20). The molecule has 1 aliphatic rings. The summed E-state index contributed by atoms with van der Waals surface area (Å²) >= 11 is 5.46. The predicted molar refractivity (Wildman–Crippen MR) is 81.9 cm³/mol. The zero-order valence-electron chi connectivity index (χ0n) is 11.7. The van der Waals surface area contributed by atoms with E-state index in [9.17, 15) is 0 Å². The molecule has 1 aromatic heterocycles. The first-order chi connectivity index (χ1) is 9.79. The number of imidazole rings is 1. The van der Waals surface area contributed by atoms with E-state index in [0.29, 0.717) is 0 Å². The van der Waals surface area contributed by atoms with Crippen LogP contribution >= 0.6 is 12.2 Å². The van der Waals surface area contributed by atoms with Gasteiger partial charge in [-0.05, 0) is 43.6 Å². The van der Waals surface area contributed by atoms with Gasteiger partial charge in [0.1, 0.15) is 11.3 Å². The minimum absolute atomic E-state index is 0.279. The summed E-state index contributed by atoms with van der Waals surface area (Å²) in [6.07, 6.45) is 3.53. The van der Waals surface area contributed by atoms with Gasteiger partial charge < -0.3 is 19.0 Å². The van der Waals surface area contributed by atoms with Gasteiger partial charge in [-0.1, -0.05) is 13.0 Å². The summed E-state index contributed by atoms with van der Waals surface area (Å²) in [5.74, 6) is 0.876. The fourth-order valence-corrected chi connectivity index (χ4v) is 2.93. The van der Waals surface area contributed by atoms with Crippen molar-refractivity contribution < 1.29 is 9.47 Å². The number of benzene rings is 1. The Hall–Kier alpha value is -1.33. The lowest BCUT2D eigenvalue weighted by Crippen LogP contribution is -2.14. The van der Waals surface area contributed by atoms with Crippen molar-refractivity contribution in [1.82, 2.24) is 9.55 Å². The van der Waals surface area contributed by atoms with Gasteiger partial charge in [-0.2, -0.15) is 0 Å². The number of nitrogens with zero attached hydrogens (tertiary/aromatic N) is 1. The van der Waals surface area contributed by atoms with Gasteiger partial charge in [-0.15, -0.1) is 0 Å². The molecule has 0 amide bonds. The summed E-state index contributed by atoms with van der Waals surface area (Å²) < 4.78 is 14.4. The topological polar surface area (TPSA) is 39.2 Å². The monoisotopic (exact) mass is 292 g/mol. The van der Waals surface area contributed by atoms with Gasteiger partial charge in [0, 0.05) is 6.61 Å². The molecule has 1 N–H and O–H groups in total. The number of rotatable bonds is 5. The van der Waals surface area contributed by atoms with E-state index in [1.165, 1.54) is 0 Å². The summed E-state index contributed by atoms with van der Waals surface area (Å²) in [5, 5.41) is 0. The maximum atomic E-state index is 5.78. The molecule has 2 aromatic rings. The van der Waals surface area contributed by atoms with Crippen molar-refractivity contribution in [2.75, 3.05) is 13.2 Å². The van der Waals surface area contributed by atoms with Crippen molar-refractivity contribution in [2.24, 2.45) is 0 Å². The van der Waals surface area contributed by atoms with Crippen LogP contribution in [0.1, 0.15) is 26.2 Å². The van der Waals surface area contributed by atoms with Crippen LogP contribution in [0.2, 0.25) is 0 Å². The minimum atomic E-state index is 0.279. The van der Waals surface area contributed by atoms with Gasteiger partial charge >= 0.3 is 0 Å². The molecule has 1 fully saturated rings. The third kappa shape index (κ3) is 2.60. The molecule has 1 atom stereocenters. The van der Waals surface area contributed by atoms with Gasteiger partial charge in [0.25, 0.3) is 0 Å². The Bertz CT molecular complexity index is 641. The van der Waals surface area contributed by atoms with Crippen molar-refractivity contribution in [3.63, 3.8) is 0 Å². The molecule has 1 unspecified atom stereocenters. The molecular formula is C15H20N2O2S. The average Bonchev–Trinajstić information content (AvgIpc) is 3.06. The second-order valence-electron chi connectivity index (χ2n) is 5.17. The highest BCUT2D eigenvalue weighted by atomic mass is 32.1. The number of hydrogen-bond acceptors (Lipinski definition) is 3. The maximum Gasteiger partial charge on any atom is 0.178 e. The van der Waals surface area contributed by atoms with Crippen molar-refractivity contribution in [3.8, 4) is 5.75 Å². The molecule has 2 heterocycles. The van der Waals surface area contributed by atoms with E-state index >= 15 is 0 Å². The normalized spacial score (nSPS) is 18.8. The van der Waals surface area contributed by atoms with Crippen LogP contribution in [0.4, 0.5) is 0 Å². The number of fused-ring (bicyclic) bond motifs is 1. The Balaban J connectivity index is 1.95. The third-order valence-corrected chi connectivity index (χ3v) is 3.97. The van der Waals surface area contributed by atoms with Crippen molar-refractivity contribution >= 4 is 23.3 Å². The summed E-state index contributed by atoms with van der Waals surface area (Å²) in [6.45, 7) is 4.50. The van der Waals surface area contributed by atoms with E-state index in [-0.39, 0.29) is 6.10 Å². The molecule has 1 aromatic carbocycles. The van der Waals surface area contributed by atoms with Crippen LogP contribution < -0.4 is 4.74 Å². The smallest absolute Gasteiger partial charge is 0.178 e. The van der Waals surface area contributed by atoms with Crippen LogP contribution in [-0.4, -0.2) is 28.9 Å². The predicted octanol–water partition coefficient (Wildman–Crippen LogP) is 3.67. The van der Waals surface area contributed by atoms with E-state index in [4.69, 9.17) is 21.7 Å². The highest BCUT2D eigenvalue weighted by Gasteiger charge is 2.18. The first-order valence-corrected chi connectivity index (χ1v) is 7.66. The molecule has 0 bridgehead atoms. The molecule has 0 radical (unpaired) electrons. The Morgan fingerprint density at radius 1 is 1.50 bits per heavy atom. The summed E-state index contributed by atoms with van der Waals surface area (Å²) in [6, 6.07) is 6.08. The molecular weight excluding hydrogens is 272 g/mol. The number of hydrogen-bond donors (Lipinski definition) is 1. The Morgan fingerprint density at radius 3 is 3.15 bits per heavy atom. The molecule has 1 aliphatic heterocycles. The number of ether oxygens (including phenoxy) is 2. The van der Waals surface area contributed by atoms with Crippen LogP contribution in [0, 0.1) is 4.77 Å². The van der Waals surface area contributed by atoms with Crippen molar-refractivity contribution in [1.29, 1.82) is 0 Å². The second-order valence-corrected chi connectivity index (χ2v) is 5.56. The lowest BCUT2D eigenvalue weighted by atomic mass is 10.2. The second kappa shape index (κ2) is 5.97. The Labute approximate surface area is 123 Å². The van der Waals surface area contributed by atoms with E-state index in [2.05, 4.69) is 22.5 Å². The van der Waals surface area contributed by atoms with Gasteiger partial charge in [-0.3, -0.25) is 0 Å². The SMILES string of the molecule is CCCOc1cccc2c1[nH]c(=S)n2CC1CCCO1. The number of aromatic amines is 1. The fourth-order valence-electron chi connectivity index (χ4n) is 2.66. The van der Waals surface area contributed by atoms with Gasteiger partial charge in [0.2, 0.25) is 0 Å². The first-order valence-electron chi connectivity index (χ1n) is 7.25. The number of H-pyrrole nitrogens is 1. The molecule has 0 spiro atoms. The summed E-state index contributed by atoms with van der Waals surface area (Å²) in [7, 11) is 0. The van der Waals surface area contributed by atoms with E-state index in [1.807, 2.05) is 12.1 Å². The number of nitrogens with one attached hydrogen (secondary N) is 1. The fraction of sp³-hybridized carbons (Fsp3) is 0.533. The summed E-state index contributed by atoms with van der Waals surface area (Å²) in [5.41, 5.74) is 2.09. The highest BCUT2D eigenvalue weighted by Crippen LogP contribution is 2.26. The molecule has 108 valence electrons. The van der Waals surface area contributed by atoms with Crippen LogP contribution in [-0.2, 0) is 11.3 Å². The number of para-hydroxylation sites is 1. The van der Waals surface area contributed by atoms with Crippen LogP contribution in [0.25, 0.3) is 11.0 Å². The molecule has 3 rings (SSSR count). The van der Waals surface area contributed by atoms with E-state index < -0.39 is 0 Å². The molecule has 20 heavy (non-hydrogen) atoms. The highest BCUT2D eigenvalue weighted by molar-refractivity contribution is 7.71. The van der Waals surface area contributed by atoms with Crippen LogP contribution in [0.3, 0.4) is 0 Å². The molecule has 4 nitrogen and oxygen atoms in total. The minimum Gasteiger partial charge on any atom is -0.491 e. The van der Waals surface area contributed by atoms with Gasteiger partial charge in [-0.25, -0.2) is 0 Å². The van der Waals surface area contributed by atoms with Crippen molar-refractivity contribution in [3.05, 3.63) is 23.0 Å². The average molecular weight is 292 g/mol. The maximum absolute atomic E-state index is 5.78. The lowest BCUT2D eigenvalue weighted by Gasteiger charge is -2.11. The zero-order chi connectivity index (χ0) is 13.9. The van der Waals surface area contributed by atoms with E-state index in [1.54, 1.807) is 0 Å². The molecule has 1 saturated heterocycles. The van der Waals surface area contributed by atoms with Crippen LogP contribution in [0.5, 0.6) is 5.75 Å². The van der Waals surface area contributed by atoms with Gasteiger partial charge in [0.15, 0.2) is 4.77 Å². The lowest BCUT2D eigenvalue weighted by molar-refractivity contribution is 0.0976. The van der Waals surface area contributed by atoms with E-state index in [0.717, 1.165) is 60.6 Å². The van der Waals surface area contributed by atoms with Gasteiger partial charge in [0.05, 0.1) is 24.8 Å². The molecule has 5 heteroatoms. The third-order valence-electron chi connectivity index (χ3n) is 3.64. The van der Waals surface area contributed by atoms with Crippen molar-refractivity contribution in [2.45, 2.75) is 38.8 Å². The zero-order valence-corrected chi connectivity index (χ0v) is 12.5. The quantitative estimate of drug-likeness (QED) is 0.855. The number of aromatic nitrogens is 2. The largest absolute Gasteiger partial charge is 0.491 e.